The van der Waals surface area contributed by atoms with Gasteiger partial charge in [-0.1, -0.05) is 30.4 Å². The zero-order chi connectivity index (χ0) is 18.9. The molecule has 1 aromatic rings. The van der Waals surface area contributed by atoms with E-state index in [1.807, 2.05) is 6.07 Å². The van der Waals surface area contributed by atoms with Crippen molar-refractivity contribution in [1.29, 1.82) is 0 Å². The second-order valence-electron chi connectivity index (χ2n) is 5.69. The van der Waals surface area contributed by atoms with Crippen molar-refractivity contribution in [3.8, 4) is 5.75 Å². The normalized spacial score (nSPS) is 26.8. The molecule has 2 aliphatic rings. The minimum absolute atomic E-state index is 0.0508. The molecule has 140 valence electrons. The summed E-state index contributed by atoms with van der Waals surface area (Å²) >= 11 is 0. The number of nitrogens with two attached hydrogens (primary N) is 1. The van der Waals surface area contributed by atoms with Crippen molar-refractivity contribution >= 4 is 5.84 Å². The zero-order valence-corrected chi connectivity index (χ0v) is 13.7. The van der Waals surface area contributed by atoms with Gasteiger partial charge in [0, 0.05) is 11.1 Å². The molecule has 5 nitrogen and oxygen atoms in total. The number of nitrogens with zero attached hydrogens (tertiary/aromatic N) is 1. The van der Waals surface area contributed by atoms with Crippen LogP contribution in [0.1, 0.15) is 5.56 Å². The molecule has 2 unspecified atom stereocenters. The van der Waals surface area contributed by atoms with E-state index in [2.05, 4.69) is 14.5 Å². The number of methoxy groups -OCH3 is 1. The largest absolute Gasteiger partial charge is 0.496 e. The van der Waals surface area contributed by atoms with Crippen LogP contribution < -0.4 is 10.5 Å². The van der Waals surface area contributed by atoms with Gasteiger partial charge in [-0.2, -0.15) is 17.6 Å². The van der Waals surface area contributed by atoms with Gasteiger partial charge in [-0.25, -0.2) is 0 Å². The number of benzene rings is 1. The van der Waals surface area contributed by atoms with E-state index in [9.17, 15) is 17.6 Å². The van der Waals surface area contributed by atoms with Crippen LogP contribution >= 0.6 is 0 Å². The number of aliphatic imine (C=N–C) groups is 1. The molecule has 1 heterocycles. The first-order valence-electron chi connectivity index (χ1n) is 7.67. The Kier molecular flexibility index (Phi) is 4.76. The Balaban J connectivity index is 1.76. The fraction of sp³-hybridized carbons (Fsp3) is 0.353. The van der Waals surface area contributed by atoms with Crippen LogP contribution in [0.25, 0.3) is 0 Å². The van der Waals surface area contributed by atoms with E-state index in [1.165, 1.54) is 25.3 Å². The van der Waals surface area contributed by atoms with Crippen molar-refractivity contribution < 1.29 is 31.8 Å². The summed E-state index contributed by atoms with van der Waals surface area (Å²) in [5.74, 6) is 0.679. The molecule has 0 saturated carbocycles. The smallest absolute Gasteiger partial charge is 0.449 e. The molecule has 0 amide bonds. The summed E-state index contributed by atoms with van der Waals surface area (Å²) in [7, 11) is 1.52. The highest BCUT2D eigenvalue weighted by atomic mass is 19.3. The lowest BCUT2D eigenvalue weighted by Crippen LogP contribution is -2.57. The second-order valence-corrected chi connectivity index (χ2v) is 5.69. The number of amidine groups is 1. The van der Waals surface area contributed by atoms with Gasteiger partial charge in [0.05, 0.1) is 13.7 Å². The number of rotatable bonds is 4. The van der Waals surface area contributed by atoms with Gasteiger partial charge in [0.25, 0.3) is 0 Å². The van der Waals surface area contributed by atoms with Crippen LogP contribution in [-0.2, 0) is 16.0 Å². The lowest BCUT2D eigenvalue weighted by atomic mass is 10.0. The maximum absolute atomic E-state index is 13.3. The highest BCUT2D eigenvalue weighted by Crippen LogP contribution is 2.44. The maximum Gasteiger partial charge on any atom is 0.449 e. The first-order chi connectivity index (χ1) is 12.2. The first-order valence-corrected chi connectivity index (χ1v) is 7.67. The Morgan fingerprint density at radius 1 is 1.15 bits per heavy atom. The lowest BCUT2D eigenvalue weighted by molar-refractivity contribution is -0.478. The molecule has 2 N–H and O–H groups in total. The van der Waals surface area contributed by atoms with E-state index in [1.54, 1.807) is 18.2 Å². The standard InChI is InChI=1S/C17H16F4N2O3/c1-24-12-5-3-2-4-11(12)9-23-15(22)10-6-7-13-14(8-10)26-17(20,21)16(18,19)25-13/h2-8,13-14H,9H2,1H3,(H2,22,23). The van der Waals surface area contributed by atoms with Gasteiger partial charge in [-0.05, 0) is 12.1 Å². The highest BCUT2D eigenvalue weighted by molar-refractivity contribution is 5.99. The number of halogens is 4. The molecular formula is C17H16F4N2O3. The number of alkyl halides is 4. The van der Waals surface area contributed by atoms with Gasteiger partial charge in [0.1, 0.15) is 23.8 Å². The number of hydrogen-bond donors (Lipinski definition) is 1. The van der Waals surface area contributed by atoms with Gasteiger partial charge in [-0.15, -0.1) is 0 Å². The molecule has 0 spiro atoms. The Hall–Kier alpha value is -2.39. The second kappa shape index (κ2) is 6.73. The summed E-state index contributed by atoms with van der Waals surface area (Å²) in [4.78, 5) is 4.19. The molecule has 1 aliphatic heterocycles. The third-order valence-electron chi connectivity index (χ3n) is 3.95. The number of para-hydroxylation sites is 1. The predicted molar refractivity (Wildman–Crippen MR) is 85.2 cm³/mol. The average Bonchev–Trinajstić information content (AvgIpc) is 2.60. The quantitative estimate of drug-likeness (QED) is 0.501. The monoisotopic (exact) mass is 372 g/mol. The molecule has 2 atom stereocenters. The van der Waals surface area contributed by atoms with E-state index >= 15 is 0 Å². The molecule has 1 fully saturated rings. The third-order valence-corrected chi connectivity index (χ3v) is 3.95. The minimum atomic E-state index is -4.73. The van der Waals surface area contributed by atoms with Crippen LogP contribution in [0.5, 0.6) is 5.75 Å². The predicted octanol–water partition coefficient (Wildman–Crippen LogP) is 3.02. The van der Waals surface area contributed by atoms with E-state index in [-0.39, 0.29) is 18.0 Å². The minimum Gasteiger partial charge on any atom is -0.496 e. The summed E-state index contributed by atoms with van der Waals surface area (Å²) in [5, 5.41) is 0. The molecule has 1 saturated heterocycles. The number of hydrogen-bond acceptors (Lipinski definition) is 4. The Bertz CT molecular complexity index is 777. The number of fused-ring (bicyclic) bond motifs is 1. The molecule has 26 heavy (non-hydrogen) atoms. The SMILES string of the molecule is COc1ccccc1CN=C(N)C1=CC2OC(F)(F)C(F)(F)OC2C=C1. The average molecular weight is 372 g/mol. The fourth-order valence-corrected chi connectivity index (χ4v) is 2.59. The van der Waals surface area contributed by atoms with Gasteiger partial charge in [0.15, 0.2) is 0 Å². The molecule has 1 aliphatic carbocycles. The molecule has 9 heteroatoms. The van der Waals surface area contributed by atoms with Gasteiger partial charge in [0.2, 0.25) is 0 Å². The Morgan fingerprint density at radius 3 is 2.50 bits per heavy atom. The third kappa shape index (κ3) is 3.45. The molecule has 0 bridgehead atoms. The van der Waals surface area contributed by atoms with Crippen molar-refractivity contribution in [2.24, 2.45) is 10.7 Å². The summed E-state index contributed by atoms with van der Waals surface area (Å²) in [6.45, 7) is 0.195. The zero-order valence-electron chi connectivity index (χ0n) is 13.7. The van der Waals surface area contributed by atoms with Crippen molar-refractivity contribution in [2.45, 2.75) is 31.0 Å². The molecule has 1 aromatic carbocycles. The molecule has 3 rings (SSSR count). The topological polar surface area (TPSA) is 66.1 Å². The lowest BCUT2D eigenvalue weighted by Gasteiger charge is -2.39. The Morgan fingerprint density at radius 2 is 1.81 bits per heavy atom. The first kappa shape index (κ1) is 18.4. The Labute approximate surface area is 146 Å². The van der Waals surface area contributed by atoms with Crippen molar-refractivity contribution in [3.05, 3.63) is 53.6 Å². The van der Waals surface area contributed by atoms with E-state index in [0.29, 0.717) is 5.75 Å². The van der Waals surface area contributed by atoms with E-state index in [0.717, 1.165) is 5.56 Å². The van der Waals surface area contributed by atoms with Crippen LogP contribution in [0.4, 0.5) is 17.6 Å². The van der Waals surface area contributed by atoms with E-state index in [4.69, 9.17) is 10.5 Å². The molecule has 0 aromatic heterocycles. The van der Waals surface area contributed by atoms with Crippen molar-refractivity contribution in [2.75, 3.05) is 7.11 Å². The van der Waals surface area contributed by atoms with Crippen LogP contribution in [0.3, 0.4) is 0 Å². The van der Waals surface area contributed by atoms with Crippen molar-refractivity contribution in [1.82, 2.24) is 0 Å². The van der Waals surface area contributed by atoms with Gasteiger partial charge < -0.3 is 19.9 Å². The summed E-state index contributed by atoms with van der Waals surface area (Å²) in [6, 6.07) is 7.18. The molecular weight excluding hydrogens is 356 g/mol. The summed E-state index contributed by atoms with van der Waals surface area (Å²) in [5.41, 5.74) is 6.95. The van der Waals surface area contributed by atoms with Gasteiger partial charge in [-0.3, -0.25) is 4.99 Å². The van der Waals surface area contributed by atoms with Crippen LogP contribution in [0.15, 0.2) is 53.1 Å². The summed E-state index contributed by atoms with van der Waals surface area (Å²) < 4.78 is 66.5. The maximum atomic E-state index is 13.3. The molecule has 0 radical (unpaired) electrons. The van der Waals surface area contributed by atoms with Crippen LogP contribution in [0.2, 0.25) is 0 Å². The van der Waals surface area contributed by atoms with Crippen molar-refractivity contribution in [3.63, 3.8) is 0 Å². The van der Waals surface area contributed by atoms with E-state index < -0.39 is 24.4 Å². The van der Waals surface area contributed by atoms with Crippen LogP contribution in [-0.4, -0.2) is 37.4 Å². The highest BCUT2D eigenvalue weighted by Gasteiger charge is 2.65. The number of ether oxygens (including phenoxy) is 3. The van der Waals surface area contributed by atoms with Crippen LogP contribution in [0, 0.1) is 0 Å². The fourth-order valence-electron chi connectivity index (χ4n) is 2.59. The van der Waals surface area contributed by atoms with Gasteiger partial charge >= 0.3 is 12.2 Å². The summed E-state index contributed by atoms with van der Waals surface area (Å²) in [6.07, 6.45) is -8.41.